The van der Waals surface area contributed by atoms with Crippen LogP contribution in [0.3, 0.4) is 0 Å². The lowest BCUT2D eigenvalue weighted by atomic mass is 9.64. The van der Waals surface area contributed by atoms with E-state index in [-0.39, 0.29) is 11.3 Å². The van der Waals surface area contributed by atoms with E-state index in [1.165, 1.54) is 86.2 Å². The summed E-state index contributed by atoms with van der Waals surface area (Å²) in [6, 6.07) is 32.9. The van der Waals surface area contributed by atoms with Crippen molar-refractivity contribution in [3.05, 3.63) is 142 Å². The van der Waals surface area contributed by atoms with Crippen LogP contribution in [0.1, 0.15) is 99.1 Å². The molecule has 1 spiro atoms. The normalized spacial score (nSPS) is 19.8. The van der Waals surface area contributed by atoms with Gasteiger partial charge in [-0.15, -0.1) is 0 Å². The van der Waals surface area contributed by atoms with Crippen LogP contribution < -0.4 is 0 Å². The molecule has 220 valence electrons. The molecule has 0 heterocycles. The first-order chi connectivity index (χ1) is 21.5. The van der Waals surface area contributed by atoms with Crippen LogP contribution in [0.2, 0.25) is 0 Å². The molecule has 0 saturated heterocycles. The maximum absolute atomic E-state index is 2.77. The molecule has 0 aliphatic heterocycles. The van der Waals surface area contributed by atoms with Crippen molar-refractivity contribution < 1.29 is 0 Å². The molecule has 0 radical (unpaired) electrons. The smallest absolute Gasteiger partial charge is 0.0443 e. The highest BCUT2D eigenvalue weighted by Gasteiger charge is 2.49. The molecule has 2 atom stereocenters. The lowest BCUT2D eigenvalue weighted by molar-refractivity contribution is 0.491. The molecular weight excluding hydrogens is 528 g/mol. The summed E-state index contributed by atoms with van der Waals surface area (Å²) in [5, 5.41) is 5.72. The molecule has 0 bridgehead atoms. The fraction of sp³-hybridized carbons (Fsp3) is 0.318. The zero-order valence-electron chi connectivity index (χ0n) is 27.0. The minimum absolute atomic E-state index is 0.163. The Morgan fingerprint density at radius 1 is 0.705 bits per heavy atom. The summed E-state index contributed by atoms with van der Waals surface area (Å²) in [6.45, 7) is 11.9. The third-order valence-corrected chi connectivity index (χ3v) is 11.7. The minimum atomic E-state index is -0.163. The van der Waals surface area contributed by atoms with Gasteiger partial charge in [0.1, 0.15) is 0 Å². The van der Waals surface area contributed by atoms with Crippen LogP contribution >= 0.6 is 0 Å². The molecule has 0 heteroatoms. The second-order valence-corrected chi connectivity index (χ2v) is 13.7. The van der Waals surface area contributed by atoms with E-state index in [0.717, 1.165) is 6.42 Å². The molecule has 0 nitrogen and oxygen atoms in total. The summed E-state index contributed by atoms with van der Waals surface area (Å²) < 4.78 is 0. The fourth-order valence-corrected chi connectivity index (χ4v) is 9.51. The molecule has 3 aliphatic carbocycles. The largest absolute Gasteiger partial charge is 0.0657 e. The number of allylic oxidation sites excluding steroid dienone is 4. The number of rotatable bonds is 7. The van der Waals surface area contributed by atoms with Crippen molar-refractivity contribution in [2.24, 2.45) is 11.8 Å². The topological polar surface area (TPSA) is 0 Å². The maximum Gasteiger partial charge on any atom is 0.0443 e. The highest BCUT2D eigenvalue weighted by Crippen LogP contribution is 2.64. The highest BCUT2D eigenvalue weighted by atomic mass is 14.5. The van der Waals surface area contributed by atoms with Gasteiger partial charge in [0.15, 0.2) is 0 Å². The summed E-state index contributed by atoms with van der Waals surface area (Å²) in [7, 11) is 0. The molecule has 44 heavy (non-hydrogen) atoms. The maximum atomic E-state index is 2.77. The van der Waals surface area contributed by atoms with Gasteiger partial charge in [-0.2, -0.15) is 0 Å². The van der Waals surface area contributed by atoms with Crippen molar-refractivity contribution in [2.45, 2.75) is 78.1 Å². The van der Waals surface area contributed by atoms with E-state index in [2.05, 4.69) is 132 Å². The van der Waals surface area contributed by atoms with E-state index in [1.54, 1.807) is 16.7 Å². The van der Waals surface area contributed by atoms with Gasteiger partial charge in [-0.1, -0.05) is 124 Å². The van der Waals surface area contributed by atoms with Crippen LogP contribution in [0.15, 0.2) is 108 Å². The minimum Gasteiger partial charge on any atom is -0.0657 e. The molecule has 5 aromatic carbocycles. The van der Waals surface area contributed by atoms with Gasteiger partial charge in [0.05, 0.1) is 0 Å². The van der Waals surface area contributed by atoms with Crippen LogP contribution in [0.5, 0.6) is 0 Å². The lowest BCUT2D eigenvalue weighted by Gasteiger charge is -2.38. The average Bonchev–Trinajstić information content (AvgIpc) is 3.33. The Morgan fingerprint density at radius 3 is 2.20 bits per heavy atom. The van der Waals surface area contributed by atoms with Gasteiger partial charge in [0.25, 0.3) is 0 Å². The molecule has 5 aromatic rings. The predicted octanol–water partition coefficient (Wildman–Crippen LogP) is 12.2. The van der Waals surface area contributed by atoms with Crippen LogP contribution in [0.25, 0.3) is 32.7 Å². The van der Waals surface area contributed by atoms with E-state index in [0.29, 0.717) is 11.8 Å². The monoisotopic (exact) mass is 572 g/mol. The third kappa shape index (κ3) is 3.70. The number of aryl methyl sites for hydroxylation is 1. The van der Waals surface area contributed by atoms with Gasteiger partial charge in [0, 0.05) is 11.3 Å². The summed E-state index contributed by atoms with van der Waals surface area (Å²) in [6.07, 6.45) is 11.3. The molecule has 0 fully saturated rings. The number of benzene rings is 5. The Balaban J connectivity index is 1.57. The summed E-state index contributed by atoms with van der Waals surface area (Å²) in [5.74, 6) is 1.42. The van der Waals surface area contributed by atoms with Crippen molar-refractivity contribution in [1.29, 1.82) is 0 Å². The van der Waals surface area contributed by atoms with Gasteiger partial charge in [0.2, 0.25) is 0 Å². The Morgan fingerprint density at radius 2 is 1.45 bits per heavy atom. The molecule has 0 saturated carbocycles. The molecule has 0 N–H and O–H groups in total. The van der Waals surface area contributed by atoms with Crippen LogP contribution in [0.4, 0.5) is 0 Å². The van der Waals surface area contributed by atoms with Gasteiger partial charge in [-0.25, -0.2) is 0 Å². The summed E-state index contributed by atoms with van der Waals surface area (Å²) in [5.41, 5.74) is 15.0. The average molecular weight is 573 g/mol. The molecule has 0 amide bonds. The van der Waals surface area contributed by atoms with E-state index in [9.17, 15) is 0 Å². The first-order valence-electron chi connectivity index (χ1n) is 17.2. The molecule has 3 aliphatic rings. The second-order valence-electron chi connectivity index (χ2n) is 13.7. The Labute approximate surface area is 263 Å². The predicted molar refractivity (Wildman–Crippen MR) is 189 cm³/mol. The van der Waals surface area contributed by atoms with Crippen LogP contribution in [0, 0.1) is 18.8 Å². The zero-order chi connectivity index (χ0) is 30.2. The van der Waals surface area contributed by atoms with Gasteiger partial charge in [-0.05, 0) is 129 Å². The standard InChI is InChI=1S/C44H44/c1-6-28(7-2)32-23-33(29(8-3)9-4)26-44(25-32)38-22-21-31-18-14-20-35-39(30-16-11-10-12-17-30)37-24-36-27(5)15-13-19-34(36)43(44)41(37)42(38)40(31)35/h10-25,28-29,39H,6-9,26H2,1-5H3. The third-order valence-electron chi connectivity index (χ3n) is 11.7. The van der Waals surface area contributed by atoms with E-state index >= 15 is 0 Å². The van der Waals surface area contributed by atoms with Crippen molar-refractivity contribution in [3.63, 3.8) is 0 Å². The molecule has 8 rings (SSSR count). The highest BCUT2D eigenvalue weighted by molar-refractivity contribution is 6.12. The second kappa shape index (κ2) is 10.3. The van der Waals surface area contributed by atoms with E-state index < -0.39 is 0 Å². The Bertz CT molecular complexity index is 1990. The zero-order valence-corrected chi connectivity index (χ0v) is 27.0. The fourth-order valence-electron chi connectivity index (χ4n) is 9.51. The first kappa shape index (κ1) is 27.6. The van der Waals surface area contributed by atoms with E-state index in [1.807, 2.05) is 0 Å². The first-order valence-corrected chi connectivity index (χ1v) is 17.2. The molecule has 2 unspecified atom stereocenters. The number of fused-ring (bicyclic) bond motifs is 4. The summed E-state index contributed by atoms with van der Waals surface area (Å²) in [4.78, 5) is 0. The summed E-state index contributed by atoms with van der Waals surface area (Å²) >= 11 is 0. The Kier molecular flexibility index (Phi) is 6.49. The quantitative estimate of drug-likeness (QED) is 0.178. The van der Waals surface area contributed by atoms with Crippen molar-refractivity contribution >= 4 is 21.5 Å². The Hall–Kier alpha value is -3.90. The van der Waals surface area contributed by atoms with Gasteiger partial charge in [-0.3, -0.25) is 0 Å². The molecular formula is C44H44. The number of hydrogen-bond donors (Lipinski definition) is 0. The van der Waals surface area contributed by atoms with E-state index in [4.69, 9.17) is 0 Å². The van der Waals surface area contributed by atoms with Crippen molar-refractivity contribution in [1.82, 2.24) is 0 Å². The lowest BCUT2D eigenvalue weighted by Crippen LogP contribution is -2.29. The van der Waals surface area contributed by atoms with Crippen molar-refractivity contribution in [2.75, 3.05) is 0 Å². The molecule has 0 aromatic heterocycles. The van der Waals surface area contributed by atoms with Gasteiger partial charge >= 0.3 is 0 Å². The number of hydrogen-bond acceptors (Lipinski definition) is 0. The van der Waals surface area contributed by atoms with Crippen LogP contribution in [-0.4, -0.2) is 0 Å². The van der Waals surface area contributed by atoms with Gasteiger partial charge < -0.3 is 0 Å². The van der Waals surface area contributed by atoms with Crippen molar-refractivity contribution in [3.8, 4) is 11.1 Å². The SMILES string of the molecule is CCC(CC)C1=CC2(CC(C(CC)CC)=C1)c1ccc3cccc4c3c1-c1c(cc3c(C)cccc3c12)C4c1ccccc1. The van der Waals surface area contributed by atoms with Crippen LogP contribution in [-0.2, 0) is 5.41 Å².